The van der Waals surface area contributed by atoms with E-state index < -0.39 is 0 Å². The van der Waals surface area contributed by atoms with Gasteiger partial charge in [0.1, 0.15) is 0 Å². The second-order valence-corrected chi connectivity index (χ2v) is 7.17. The van der Waals surface area contributed by atoms with Gasteiger partial charge in [0.25, 0.3) is 0 Å². The Morgan fingerprint density at radius 2 is 1.25 bits per heavy atom. The molecule has 0 aliphatic rings. The summed E-state index contributed by atoms with van der Waals surface area (Å²) in [6, 6.07) is 9.36. The largest absolute Gasteiger partial charge is 0.385 e. The van der Waals surface area contributed by atoms with E-state index in [1.807, 2.05) is 0 Å². The molecule has 0 aliphatic carbocycles. The van der Waals surface area contributed by atoms with Crippen molar-refractivity contribution in [3.8, 4) is 0 Å². The minimum atomic E-state index is 0.559. The SMILES string of the molecule is CCCCCCCCNc1ccc(NC(C)CCCCCC)cc1. The van der Waals surface area contributed by atoms with Gasteiger partial charge in [-0.3, -0.25) is 0 Å². The Balaban J connectivity index is 2.13. The molecular weight excluding hydrogens is 292 g/mol. The highest BCUT2D eigenvalue weighted by Gasteiger charge is 2.02. The summed E-state index contributed by atoms with van der Waals surface area (Å²) in [4.78, 5) is 0. The van der Waals surface area contributed by atoms with Crippen LogP contribution in [0.5, 0.6) is 0 Å². The van der Waals surface area contributed by atoms with Crippen molar-refractivity contribution in [1.29, 1.82) is 0 Å². The third-order valence-corrected chi connectivity index (χ3v) is 4.65. The summed E-state index contributed by atoms with van der Waals surface area (Å²) in [5.74, 6) is 0. The zero-order chi connectivity index (χ0) is 17.5. The lowest BCUT2D eigenvalue weighted by atomic mass is 10.1. The molecule has 2 nitrogen and oxygen atoms in total. The van der Waals surface area contributed by atoms with Gasteiger partial charge in [-0.25, -0.2) is 0 Å². The van der Waals surface area contributed by atoms with Crippen molar-refractivity contribution in [2.24, 2.45) is 0 Å². The fraction of sp³-hybridized carbons (Fsp3) is 0.727. The molecule has 24 heavy (non-hydrogen) atoms. The molecule has 0 bridgehead atoms. The predicted octanol–water partition coefficient (Wildman–Crippen LogP) is 7.23. The molecule has 1 aromatic rings. The highest BCUT2D eigenvalue weighted by Crippen LogP contribution is 2.16. The van der Waals surface area contributed by atoms with Crippen LogP contribution in [0, 0.1) is 0 Å². The van der Waals surface area contributed by atoms with Gasteiger partial charge in [0.05, 0.1) is 0 Å². The van der Waals surface area contributed by atoms with Gasteiger partial charge in [0.2, 0.25) is 0 Å². The molecule has 0 amide bonds. The summed E-state index contributed by atoms with van der Waals surface area (Å²) >= 11 is 0. The summed E-state index contributed by atoms with van der Waals surface area (Å²) in [6.45, 7) is 7.92. The van der Waals surface area contributed by atoms with E-state index in [1.165, 1.54) is 82.0 Å². The fourth-order valence-corrected chi connectivity index (χ4v) is 3.06. The third kappa shape index (κ3) is 10.6. The lowest BCUT2D eigenvalue weighted by Crippen LogP contribution is -2.14. The minimum Gasteiger partial charge on any atom is -0.385 e. The Morgan fingerprint density at radius 3 is 1.92 bits per heavy atom. The molecule has 2 N–H and O–H groups in total. The Bertz CT molecular complexity index is 385. The predicted molar refractivity (Wildman–Crippen MR) is 110 cm³/mol. The van der Waals surface area contributed by atoms with Crippen LogP contribution in [-0.2, 0) is 0 Å². The highest BCUT2D eigenvalue weighted by molar-refractivity contribution is 5.53. The van der Waals surface area contributed by atoms with E-state index in [0.29, 0.717) is 6.04 Å². The number of benzene rings is 1. The minimum absolute atomic E-state index is 0.559. The van der Waals surface area contributed by atoms with Crippen molar-refractivity contribution in [3.63, 3.8) is 0 Å². The molecule has 1 unspecified atom stereocenters. The van der Waals surface area contributed by atoms with Crippen LogP contribution in [0.4, 0.5) is 11.4 Å². The van der Waals surface area contributed by atoms with Gasteiger partial charge in [-0.15, -0.1) is 0 Å². The van der Waals surface area contributed by atoms with E-state index in [0.717, 1.165) is 6.54 Å². The second kappa shape index (κ2) is 14.2. The maximum Gasteiger partial charge on any atom is 0.0343 e. The molecule has 0 aromatic heterocycles. The average molecular weight is 333 g/mol. The standard InChI is InChI=1S/C22H40N2/c1-4-6-8-10-11-13-19-23-21-15-17-22(18-16-21)24-20(3)14-12-9-7-5-2/h15-18,20,23-24H,4-14,19H2,1-3H3. The molecule has 138 valence electrons. The molecule has 0 heterocycles. The Kier molecular flexibility index (Phi) is 12.3. The number of anilines is 2. The molecule has 1 aromatic carbocycles. The van der Waals surface area contributed by atoms with Crippen LogP contribution in [-0.4, -0.2) is 12.6 Å². The van der Waals surface area contributed by atoms with Gasteiger partial charge in [-0.2, -0.15) is 0 Å². The van der Waals surface area contributed by atoms with E-state index in [9.17, 15) is 0 Å². The van der Waals surface area contributed by atoms with Crippen LogP contribution in [0.2, 0.25) is 0 Å². The van der Waals surface area contributed by atoms with Gasteiger partial charge < -0.3 is 10.6 Å². The van der Waals surface area contributed by atoms with Crippen LogP contribution >= 0.6 is 0 Å². The number of hydrogen-bond acceptors (Lipinski definition) is 2. The lowest BCUT2D eigenvalue weighted by molar-refractivity contribution is 0.594. The first-order chi connectivity index (χ1) is 11.8. The summed E-state index contributed by atoms with van der Waals surface area (Å²) in [5.41, 5.74) is 2.48. The first-order valence-electron chi connectivity index (χ1n) is 10.4. The maximum atomic E-state index is 3.61. The Hall–Kier alpha value is -1.18. The van der Waals surface area contributed by atoms with E-state index in [4.69, 9.17) is 0 Å². The Labute approximate surface area is 150 Å². The molecule has 0 spiro atoms. The van der Waals surface area contributed by atoms with Crippen LogP contribution < -0.4 is 10.6 Å². The molecule has 1 atom stereocenters. The number of unbranched alkanes of at least 4 members (excludes halogenated alkanes) is 8. The first-order valence-corrected chi connectivity index (χ1v) is 10.4. The molecule has 1 rings (SSSR count). The van der Waals surface area contributed by atoms with Gasteiger partial charge >= 0.3 is 0 Å². The summed E-state index contributed by atoms with van der Waals surface area (Å²) in [6.07, 6.45) is 14.8. The summed E-state index contributed by atoms with van der Waals surface area (Å²) < 4.78 is 0. The molecule has 0 radical (unpaired) electrons. The van der Waals surface area contributed by atoms with Crippen molar-refractivity contribution >= 4 is 11.4 Å². The van der Waals surface area contributed by atoms with E-state index in [2.05, 4.69) is 55.7 Å². The van der Waals surface area contributed by atoms with Gasteiger partial charge in [-0.1, -0.05) is 71.6 Å². The third-order valence-electron chi connectivity index (χ3n) is 4.65. The van der Waals surface area contributed by atoms with Gasteiger partial charge in [0.15, 0.2) is 0 Å². The van der Waals surface area contributed by atoms with Crippen molar-refractivity contribution in [3.05, 3.63) is 24.3 Å². The molecular formula is C22H40N2. The maximum absolute atomic E-state index is 3.61. The van der Waals surface area contributed by atoms with E-state index in [1.54, 1.807) is 0 Å². The number of nitrogens with one attached hydrogen (secondary N) is 2. The molecule has 0 saturated heterocycles. The quantitative estimate of drug-likeness (QED) is 0.331. The zero-order valence-corrected chi connectivity index (χ0v) is 16.4. The number of rotatable bonds is 15. The lowest BCUT2D eigenvalue weighted by Gasteiger charge is -2.15. The first kappa shape index (κ1) is 20.9. The molecule has 0 saturated carbocycles. The van der Waals surface area contributed by atoms with Crippen molar-refractivity contribution < 1.29 is 0 Å². The molecule has 0 aliphatic heterocycles. The van der Waals surface area contributed by atoms with Gasteiger partial charge in [-0.05, 0) is 44.0 Å². The van der Waals surface area contributed by atoms with Crippen LogP contribution in [0.3, 0.4) is 0 Å². The summed E-state index contributed by atoms with van der Waals surface area (Å²) in [7, 11) is 0. The topological polar surface area (TPSA) is 24.1 Å². The van der Waals surface area contributed by atoms with Crippen molar-refractivity contribution in [2.45, 2.75) is 97.4 Å². The number of hydrogen-bond donors (Lipinski definition) is 2. The van der Waals surface area contributed by atoms with Crippen LogP contribution in [0.1, 0.15) is 91.4 Å². The van der Waals surface area contributed by atoms with Crippen LogP contribution in [0.15, 0.2) is 24.3 Å². The molecule has 2 heteroatoms. The zero-order valence-electron chi connectivity index (χ0n) is 16.4. The second-order valence-electron chi connectivity index (χ2n) is 7.17. The van der Waals surface area contributed by atoms with E-state index >= 15 is 0 Å². The van der Waals surface area contributed by atoms with Gasteiger partial charge in [0, 0.05) is 24.0 Å². The summed E-state index contributed by atoms with van der Waals surface area (Å²) in [5, 5.41) is 7.15. The van der Waals surface area contributed by atoms with Crippen LogP contribution in [0.25, 0.3) is 0 Å². The molecule has 0 fully saturated rings. The normalized spacial score (nSPS) is 12.1. The average Bonchev–Trinajstić information content (AvgIpc) is 2.59. The van der Waals surface area contributed by atoms with Crippen molar-refractivity contribution in [2.75, 3.05) is 17.2 Å². The van der Waals surface area contributed by atoms with Crippen molar-refractivity contribution in [1.82, 2.24) is 0 Å². The fourth-order valence-electron chi connectivity index (χ4n) is 3.06. The van der Waals surface area contributed by atoms with E-state index in [-0.39, 0.29) is 0 Å². The Morgan fingerprint density at radius 1 is 0.708 bits per heavy atom. The monoisotopic (exact) mass is 332 g/mol. The highest BCUT2D eigenvalue weighted by atomic mass is 14.9. The smallest absolute Gasteiger partial charge is 0.0343 e.